The van der Waals surface area contributed by atoms with Crippen molar-refractivity contribution in [1.29, 1.82) is 0 Å². The summed E-state index contributed by atoms with van der Waals surface area (Å²) in [4.78, 5) is 17.2. The molecule has 0 radical (unpaired) electrons. The Morgan fingerprint density at radius 3 is 2.48 bits per heavy atom. The van der Waals surface area contributed by atoms with E-state index < -0.39 is 17.8 Å². The first kappa shape index (κ1) is 18.4. The molecule has 1 amide bonds. The zero-order valence-corrected chi connectivity index (χ0v) is 15.3. The summed E-state index contributed by atoms with van der Waals surface area (Å²) in [6, 6.07) is 10.6. The molecule has 27 heavy (non-hydrogen) atoms. The van der Waals surface area contributed by atoms with E-state index >= 15 is 0 Å². The molecule has 0 aliphatic heterocycles. The van der Waals surface area contributed by atoms with E-state index in [9.17, 15) is 9.18 Å². The Bertz CT molecular complexity index is 938. The van der Waals surface area contributed by atoms with Gasteiger partial charge in [-0.2, -0.15) is 0 Å². The molecule has 0 saturated heterocycles. The normalized spacial score (nSPS) is 11.7. The summed E-state index contributed by atoms with van der Waals surface area (Å²) >= 11 is 0. The summed E-state index contributed by atoms with van der Waals surface area (Å²) in [6.07, 6.45) is 3.45. The third-order valence-electron chi connectivity index (χ3n) is 4.25. The summed E-state index contributed by atoms with van der Waals surface area (Å²) < 4.78 is 25.9. The standard InChI is InChI=1S/C20H20FN3O3/c1-24-11-10-22-19(24)18(13-4-7-15(26-2)8-5-13)23-20(25)16-12-14(21)6-9-17(16)27-3/h4-12,18H,1-3H3,(H,23,25). The predicted octanol–water partition coefficient (Wildman–Crippen LogP) is 3.10. The van der Waals surface area contributed by atoms with Gasteiger partial charge < -0.3 is 19.4 Å². The maximum Gasteiger partial charge on any atom is 0.256 e. The minimum atomic E-state index is -0.531. The number of rotatable bonds is 6. The minimum absolute atomic E-state index is 0.116. The summed E-state index contributed by atoms with van der Waals surface area (Å²) in [6.45, 7) is 0. The van der Waals surface area contributed by atoms with Crippen LogP contribution in [0, 0.1) is 5.82 Å². The van der Waals surface area contributed by atoms with Gasteiger partial charge in [0.2, 0.25) is 0 Å². The van der Waals surface area contributed by atoms with Crippen LogP contribution < -0.4 is 14.8 Å². The molecular formula is C20H20FN3O3. The van der Waals surface area contributed by atoms with Crippen molar-refractivity contribution in [1.82, 2.24) is 14.9 Å². The molecule has 140 valence electrons. The third-order valence-corrected chi connectivity index (χ3v) is 4.25. The van der Waals surface area contributed by atoms with Gasteiger partial charge in [-0.15, -0.1) is 0 Å². The lowest BCUT2D eigenvalue weighted by molar-refractivity contribution is 0.0937. The van der Waals surface area contributed by atoms with E-state index in [1.54, 1.807) is 31.6 Å². The van der Waals surface area contributed by atoms with Gasteiger partial charge in [-0.25, -0.2) is 9.37 Å². The average molecular weight is 369 g/mol. The highest BCUT2D eigenvalue weighted by atomic mass is 19.1. The van der Waals surface area contributed by atoms with Crippen LogP contribution in [0.5, 0.6) is 11.5 Å². The molecule has 1 aromatic heterocycles. The first-order chi connectivity index (χ1) is 13.0. The zero-order valence-electron chi connectivity index (χ0n) is 15.3. The molecule has 0 fully saturated rings. The van der Waals surface area contributed by atoms with Crippen LogP contribution in [-0.2, 0) is 7.05 Å². The number of benzene rings is 2. The number of halogens is 1. The van der Waals surface area contributed by atoms with Crippen molar-refractivity contribution in [2.45, 2.75) is 6.04 Å². The van der Waals surface area contributed by atoms with Crippen LogP contribution in [-0.4, -0.2) is 29.7 Å². The fraction of sp³-hybridized carbons (Fsp3) is 0.200. The highest BCUT2D eigenvalue weighted by molar-refractivity contribution is 5.97. The van der Waals surface area contributed by atoms with Crippen LogP contribution in [0.1, 0.15) is 27.8 Å². The van der Waals surface area contributed by atoms with Crippen molar-refractivity contribution in [2.24, 2.45) is 7.05 Å². The molecule has 3 rings (SSSR count). The second kappa shape index (κ2) is 7.90. The number of amides is 1. The molecule has 7 heteroatoms. The molecule has 1 N–H and O–H groups in total. The van der Waals surface area contributed by atoms with E-state index in [4.69, 9.17) is 9.47 Å². The molecule has 1 unspecified atom stereocenters. The average Bonchev–Trinajstić information content (AvgIpc) is 3.11. The molecule has 0 aliphatic rings. The SMILES string of the molecule is COc1ccc(C(NC(=O)c2cc(F)ccc2OC)c2nccn2C)cc1. The Kier molecular flexibility index (Phi) is 5.40. The first-order valence-corrected chi connectivity index (χ1v) is 8.29. The quantitative estimate of drug-likeness (QED) is 0.725. The summed E-state index contributed by atoms with van der Waals surface area (Å²) in [5.74, 6) is 0.663. The number of ether oxygens (including phenoxy) is 2. The Labute approximate surface area is 156 Å². The van der Waals surface area contributed by atoms with Gasteiger partial charge in [0, 0.05) is 19.4 Å². The number of carbonyl (C=O) groups is 1. The maximum atomic E-state index is 13.7. The molecular weight excluding hydrogens is 349 g/mol. The van der Waals surface area contributed by atoms with Crippen molar-refractivity contribution in [3.8, 4) is 11.5 Å². The maximum absolute atomic E-state index is 13.7. The number of aromatic nitrogens is 2. The lowest BCUT2D eigenvalue weighted by atomic mass is 10.0. The molecule has 1 atom stereocenters. The van der Waals surface area contributed by atoms with Crippen molar-refractivity contribution in [3.05, 3.63) is 77.6 Å². The van der Waals surface area contributed by atoms with E-state index in [1.807, 2.05) is 23.7 Å². The number of hydrogen-bond donors (Lipinski definition) is 1. The number of aryl methyl sites for hydroxylation is 1. The fourth-order valence-electron chi connectivity index (χ4n) is 2.82. The molecule has 0 saturated carbocycles. The van der Waals surface area contributed by atoms with Crippen molar-refractivity contribution >= 4 is 5.91 Å². The van der Waals surface area contributed by atoms with Gasteiger partial charge in [-0.3, -0.25) is 4.79 Å². The molecule has 0 bridgehead atoms. The van der Waals surface area contributed by atoms with Crippen LogP contribution in [0.25, 0.3) is 0 Å². The van der Waals surface area contributed by atoms with Crippen LogP contribution in [0.2, 0.25) is 0 Å². The third kappa shape index (κ3) is 3.92. The number of methoxy groups -OCH3 is 2. The Morgan fingerprint density at radius 2 is 1.89 bits per heavy atom. The lowest BCUT2D eigenvalue weighted by Gasteiger charge is -2.20. The molecule has 3 aromatic rings. The highest BCUT2D eigenvalue weighted by Crippen LogP contribution is 2.25. The van der Waals surface area contributed by atoms with E-state index in [-0.39, 0.29) is 5.56 Å². The molecule has 6 nitrogen and oxygen atoms in total. The monoisotopic (exact) mass is 369 g/mol. The Balaban J connectivity index is 1.98. The van der Waals surface area contributed by atoms with E-state index in [0.29, 0.717) is 17.3 Å². The van der Waals surface area contributed by atoms with Gasteiger partial charge in [0.05, 0.1) is 19.8 Å². The second-order valence-corrected chi connectivity index (χ2v) is 5.92. The minimum Gasteiger partial charge on any atom is -0.497 e. The number of nitrogens with zero attached hydrogens (tertiary/aromatic N) is 2. The van der Waals surface area contributed by atoms with Gasteiger partial charge in [-0.1, -0.05) is 12.1 Å². The topological polar surface area (TPSA) is 65.4 Å². The van der Waals surface area contributed by atoms with Crippen molar-refractivity contribution in [2.75, 3.05) is 14.2 Å². The van der Waals surface area contributed by atoms with Crippen LogP contribution in [0.4, 0.5) is 4.39 Å². The second-order valence-electron chi connectivity index (χ2n) is 5.92. The van der Waals surface area contributed by atoms with Gasteiger partial charge in [-0.05, 0) is 35.9 Å². The molecule has 1 heterocycles. The van der Waals surface area contributed by atoms with Crippen LogP contribution >= 0.6 is 0 Å². The number of imidazole rings is 1. The number of hydrogen-bond acceptors (Lipinski definition) is 4. The highest BCUT2D eigenvalue weighted by Gasteiger charge is 2.23. The van der Waals surface area contributed by atoms with Gasteiger partial charge in [0.15, 0.2) is 0 Å². The van der Waals surface area contributed by atoms with Crippen molar-refractivity contribution < 1.29 is 18.7 Å². The van der Waals surface area contributed by atoms with Crippen LogP contribution in [0.3, 0.4) is 0 Å². The molecule has 2 aromatic carbocycles. The molecule has 0 spiro atoms. The molecule has 0 aliphatic carbocycles. The lowest BCUT2D eigenvalue weighted by Crippen LogP contribution is -2.31. The van der Waals surface area contributed by atoms with E-state index in [1.165, 1.54) is 19.2 Å². The Morgan fingerprint density at radius 1 is 1.15 bits per heavy atom. The Hall–Kier alpha value is -3.35. The van der Waals surface area contributed by atoms with Gasteiger partial charge >= 0.3 is 0 Å². The largest absolute Gasteiger partial charge is 0.497 e. The zero-order chi connectivity index (χ0) is 19.4. The number of carbonyl (C=O) groups excluding carboxylic acids is 1. The smallest absolute Gasteiger partial charge is 0.256 e. The summed E-state index contributed by atoms with van der Waals surface area (Å²) in [5, 5.41) is 2.92. The first-order valence-electron chi connectivity index (χ1n) is 8.29. The fourth-order valence-corrected chi connectivity index (χ4v) is 2.82. The number of nitrogens with one attached hydrogen (secondary N) is 1. The summed E-state index contributed by atoms with van der Waals surface area (Å²) in [5.41, 5.74) is 0.930. The van der Waals surface area contributed by atoms with Gasteiger partial charge in [0.25, 0.3) is 5.91 Å². The summed E-state index contributed by atoms with van der Waals surface area (Å²) in [7, 11) is 4.86. The van der Waals surface area contributed by atoms with Gasteiger partial charge in [0.1, 0.15) is 29.2 Å². The van der Waals surface area contributed by atoms with E-state index in [0.717, 1.165) is 11.6 Å². The predicted molar refractivity (Wildman–Crippen MR) is 98.5 cm³/mol. The van der Waals surface area contributed by atoms with Crippen molar-refractivity contribution in [3.63, 3.8) is 0 Å². The van der Waals surface area contributed by atoms with E-state index in [2.05, 4.69) is 10.3 Å². The van der Waals surface area contributed by atoms with Crippen LogP contribution in [0.15, 0.2) is 54.9 Å².